The Labute approximate surface area is 352 Å². The number of nitrogen functional groups attached to an aromatic ring is 1. The molecule has 61 heavy (non-hydrogen) atoms. The number of aromatic nitrogens is 4. The molecule has 3 aliphatic heterocycles. The summed E-state index contributed by atoms with van der Waals surface area (Å²) in [6, 6.07) is 0.121. The van der Waals surface area contributed by atoms with Crippen LogP contribution < -0.4 is 32.6 Å². The van der Waals surface area contributed by atoms with Gasteiger partial charge in [-0.2, -0.15) is 30.5 Å². The predicted molar refractivity (Wildman–Crippen MR) is 214 cm³/mol. The van der Waals surface area contributed by atoms with E-state index < -0.39 is 66.2 Å². The SMILES string of the molecule is Nc1nc2c(c(CCCCC(NC(=O)CCCCCNC(=O)CCCC[C@@H]3SC[C@@H]4NC(=O)N[C@@H]43)OP(=O)(O)OP(=O)(O)OP(=O)(O)O)nn2[C@@H]2C[C@H](O)[C@@H](CO)O2)c(=O)[nH]1. The Morgan fingerprint density at radius 2 is 1.72 bits per heavy atom. The van der Waals surface area contributed by atoms with Crippen LogP contribution in [0.2, 0.25) is 0 Å². The Kier molecular flexibility index (Phi) is 17.3. The number of carbonyl (C=O) groups is 3. The first-order chi connectivity index (χ1) is 28.7. The molecule has 3 unspecified atom stereocenters. The highest BCUT2D eigenvalue weighted by Gasteiger charge is 2.43. The van der Waals surface area contributed by atoms with Crippen molar-refractivity contribution in [2.45, 2.75) is 125 Å². The number of aliphatic hydroxyl groups is 2. The zero-order valence-corrected chi connectivity index (χ0v) is 36.2. The lowest BCUT2D eigenvalue weighted by atomic mass is 10.0. The topological polar surface area (TPSA) is 398 Å². The molecule has 5 heterocycles. The van der Waals surface area contributed by atoms with Crippen molar-refractivity contribution in [3.05, 3.63) is 16.0 Å². The zero-order chi connectivity index (χ0) is 44.5. The maximum absolute atomic E-state index is 12.9. The summed E-state index contributed by atoms with van der Waals surface area (Å²) in [5.41, 5.74) is 5.42. The summed E-state index contributed by atoms with van der Waals surface area (Å²) in [7, 11) is -17.2. The fourth-order valence-electron chi connectivity index (χ4n) is 7.20. The quantitative estimate of drug-likeness (QED) is 0.0274. The van der Waals surface area contributed by atoms with Crippen molar-refractivity contribution in [1.29, 1.82) is 0 Å². The van der Waals surface area contributed by atoms with Gasteiger partial charge in [-0.15, -0.1) is 0 Å². The van der Waals surface area contributed by atoms with Crippen molar-refractivity contribution in [3.8, 4) is 0 Å². The lowest BCUT2D eigenvalue weighted by Gasteiger charge is -2.23. The molecule has 3 saturated heterocycles. The molecule has 0 aromatic carbocycles. The van der Waals surface area contributed by atoms with Crippen LogP contribution in [0.1, 0.15) is 89.0 Å². The Balaban J connectivity index is 1.09. The highest BCUT2D eigenvalue weighted by atomic mass is 32.2. The molecule has 0 saturated carbocycles. The second-order valence-electron chi connectivity index (χ2n) is 14.7. The fourth-order valence-corrected chi connectivity index (χ4v) is 11.9. The van der Waals surface area contributed by atoms with Crippen molar-refractivity contribution >= 4 is 70.1 Å². The molecule has 13 N–H and O–H groups in total. The number of nitrogens with one attached hydrogen (secondary N) is 5. The lowest BCUT2D eigenvalue weighted by molar-refractivity contribution is -0.124. The van der Waals surface area contributed by atoms with Gasteiger partial charge in [-0.25, -0.2) is 23.2 Å². The van der Waals surface area contributed by atoms with Gasteiger partial charge < -0.3 is 61.5 Å². The van der Waals surface area contributed by atoms with E-state index in [1.165, 1.54) is 4.68 Å². The summed E-state index contributed by atoms with van der Waals surface area (Å²) in [6.45, 7) is -0.0975. The number of aryl methyl sites for hydroxylation is 1. The van der Waals surface area contributed by atoms with E-state index in [0.717, 1.165) is 18.6 Å². The number of carbonyl (C=O) groups excluding carboxylic acids is 3. The number of phosphoric acid groups is 3. The van der Waals surface area contributed by atoms with Crippen LogP contribution in [0.4, 0.5) is 10.7 Å². The van der Waals surface area contributed by atoms with Crippen LogP contribution in [0, 0.1) is 0 Å². The largest absolute Gasteiger partial charge is 0.490 e. The second-order valence-corrected chi connectivity index (χ2v) is 20.3. The smallest absolute Gasteiger partial charge is 0.394 e. The van der Waals surface area contributed by atoms with Gasteiger partial charge >= 0.3 is 29.5 Å². The van der Waals surface area contributed by atoms with Gasteiger partial charge in [0.25, 0.3) is 5.56 Å². The Morgan fingerprint density at radius 3 is 2.44 bits per heavy atom. The number of nitrogens with two attached hydrogens (primary N) is 1. The number of nitrogens with zero attached hydrogens (tertiary/aromatic N) is 3. The summed E-state index contributed by atoms with van der Waals surface area (Å²) in [5.74, 6) is -0.110. The number of amides is 4. The Morgan fingerprint density at radius 1 is 0.984 bits per heavy atom. The number of thioether (sulfide) groups is 1. The minimum absolute atomic E-state index is 0.0263. The van der Waals surface area contributed by atoms with Crippen molar-refractivity contribution < 1.29 is 75.7 Å². The third-order valence-electron chi connectivity index (χ3n) is 9.92. The van der Waals surface area contributed by atoms with Gasteiger partial charge in [0, 0.05) is 36.8 Å². The number of aromatic amines is 1. The van der Waals surface area contributed by atoms with Gasteiger partial charge in [-0.1, -0.05) is 12.8 Å². The van der Waals surface area contributed by atoms with Gasteiger partial charge in [-0.3, -0.25) is 23.9 Å². The average molecular weight is 948 g/mol. The molecule has 3 fully saturated rings. The number of aliphatic hydroxyl groups excluding tert-OH is 2. The molecule has 30 heteroatoms. The van der Waals surface area contributed by atoms with Gasteiger partial charge in [-0.05, 0) is 51.4 Å². The molecular formula is C31H52N9O17P3S. The normalized spacial score (nSPS) is 25.0. The van der Waals surface area contributed by atoms with Crippen LogP contribution in [0.25, 0.3) is 11.0 Å². The molecule has 0 bridgehead atoms. The molecule has 0 aliphatic carbocycles. The highest BCUT2D eigenvalue weighted by Crippen LogP contribution is 2.66. The third-order valence-corrected chi connectivity index (χ3v) is 15.3. The number of anilines is 1. The number of fused-ring (bicyclic) bond motifs is 2. The monoisotopic (exact) mass is 947 g/mol. The van der Waals surface area contributed by atoms with E-state index in [1.54, 1.807) is 0 Å². The molecule has 9 atom stereocenters. The minimum Gasteiger partial charge on any atom is -0.394 e. The van der Waals surface area contributed by atoms with E-state index in [9.17, 15) is 52.9 Å². The molecule has 0 spiro atoms. The van der Waals surface area contributed by atoms with E-state index in [1.807, 2.05) is 11.8 Å². The lowest BCUT2D eigenvalue weighted by Crippen LogP contribution is -2.36. The van der Waals surface area contributed by atoms with Crippen LogP contribution in [0.3, 0.4) is 0 Å². The van der Waals surface area contributed by atoms with Crippen LogP contribution in [-0.2, 0) is 47.6 Å². The summed E-state index contributed by atoms with van der Waals surface area (Å²) in [5, 5.41) is 35.7. The molecule has 26 nitrogen and oxygen atoms in total. The molecule has 0 radical (unpaired) electrons. The number of rotatable bonds is 25. The van der Waals surface area contributed by atoms with E-state index in [-0.39, 0.29) is 85.2 Å². The number of hydrogen-bond acceptors (Lipinski definition) is 17. The Hall–Kier alpha value is -3.00. The molecule has 344 valence electrons. The number of unbranched alkanes of at least 4 members (excludes halogenated alkanes) is 4. The van der Waals surface area contributed by atoms with E-state index >= 15 is 0 Å². The van der Waals surface area contributed by atoms with Crippen LogP contribution in [0.15, 0.2) is 4.79 Å². The number of hydrogen-bond donors (Lipinski definition) is 12. The summed E-state index contributed by atoms with van der Waals surface area (Å²) in [6.07, 6.45) is -0.220. The standard InChI is InChI=1S/C31H52N9O17P3S/c32-30-37-28-26(29(45)38-30)17(39-40(28)25-14-19(42)20(15-41)54-25)8-3-6-12-24(55-59(50,51)57-60(52,53)56-58(47,48)49)35-23(44)11-2-1-7-13-33-22(43)10-5-4-9-21-27-18(16-61-21)34-31(46)36-27/h18-21,24-25,27,41-42H,1-16H2,(H,33,43)(H,35,44)(H,50,51)(H,52,53)(H2,34,36,46)(H2,47,48,49)(H3,32,37,38,45)/t18-,19-,20+,21-,24?,25-,27-/m0/s1. The Bertz CT molecular complexity index is 2070. The molecule has 2 aromatic rings. The number of phosphoric ester groups is 1. The predicted octanol–water partition coefficient (Wildman–Crippen LogP) is 0.243. The zero-order valence-electron chi connectivity index (χ0n) is 32.7. The molecular weight excluding hydrogens is 895 g/mol. The minimum atomic E-state index is -5.86. The van der Waals surface area contributed by atoms with Gasteiger partial charge in [0.2, 0.25) is 17.8 Å². The van der Waals surface area contributed by atoms with Crippen molar-refractivity contribution in [2.24, 2.45) is 0 Å². The van der Waals surface area contributed by atoms with E-state index in [4.69, 9.17) is 24.8 Å². The van der Waals surface area contributed by atoms with E-state index in [2.05, 4.69) is 45.0 Å². The number of ether oxygens (including phenoxy) is 1. The van der Waals surface area contributed by atoms with Crippen LogP contribution >= 0.6 is 35.2 Å². The average Bonchev–Trinajstić information content (AvgIpc) is 3.90. The highest BCUT2D eigenvalue weighted by molar-refractivity contribution is 8.00. The first-order valence-corrected chi connectivity index (χ1v) is 25.1. The molecule has 3 aliphatic rings. The second kappa shape index (κ2) is 21.6. The van der Waals surface area contributed by atoms with Gasteiger partial charge in [0.15, 0.2) is 11.9 Å². The first kappa shape index (κ1) is 49.0. The van der Waals surface area contributed by atoms with Crippen molar-refractivity contribution in [3.63, 3.8) is 0 Å². The van der Waals surface area contributed by atoms with Crippen LogP contribution in [0.5, 0.6) is 0 Å². The summed E-state index contributed by atoms with van der Waals surface area (Å²) in [4.78, 5) is 93.8. The fraction of sp³-hybridized carbons (Fsp3) is 0.742. The maximum atomic E-state index is 12.9. The summed E-state index contributed by atoms with van der Waals surface area (Å²) >= 11 is 1.81. The van der Waals surface area contributed by atoms with Gasteiger partial charge in [0.1, 0.15) is 17.7 Å². The van der Waals surface area contributed by atoms with Gasteiger partial charge in [0.05, 0.1) is 30.5 Å². The van der Waals surface area contributed by atoms with Crippen LogP contribution in [-0.4, -0.2) is 122 Å². The van der Waals surface area contributed by atoms with Crippen molar-refractivity contribution in [1.82, 2.24) is 41.0 Å². The van der Waals surface area contributed by atoms with E-state index in [0.29, 0.717) is 43.9 Å². The first-order valence-electron chi connectivity index (χ1n) is 19.5. The maximum Gasteiger partial charge on any atom is 0.490 e. The molecule has 2 aromatic heterocycles. The summed E-state index contributed by atoms with van der Waals surface area (Å²) < 4.78 is 55.2. The number of urea groups is 1. The molecule has 4 amide bonds. The number of H-pyrrole nitrogens is 1. The third kappa shape index (κ3) is 14.8. The van der Waals surface area contributed by atoms with Crippen molar-refractivity contribution in [2.75, 3.05) is 24.6 Å². The molecule has 5 rings (SSSR count).